The van der Waals surface area contributed by atoms with Gasteiger partial charge in [-0.25, -0.2) is 4.39 Å². The number of anilines is 2. The number of hydrogen-bond acceptors (Lipinski definition) is 3. The van der Waals surface area contributed by atoms with Crippen LogP contribution in [0.25, 0.3) is 0 Å². The van der Waals surface area contributed by atoms with Crippen LogP contribution in [-0.2, 0) is 21.0 Å². The minimum absolute atomic E-state index is 0.0153. The third-order valence-corrected chi connectivity index (χ3v) is 7.93. The molecule has 1 spiro atoms. The maximum absolute atomic E-state index is 14.6. The third kappa shape index (κ3) is 2.97. The minimum atomic E-state index is -1.23. The molecule has 2 aliphatic heterocycles. The number of aryl methyl sites for hydroxylation is 2. The fraction of sp³-hybridized carbons (Fsp3) is 0.200. The second kappa shape index (κ2) is 7.64. The number of carbonyl (C=O) groups is 2. The Labute approximate surface area is 195 Å². The standard InChI is InChI=1S/C25H20ClFN2O2S/c1-15-10-11-17(12-16(15)2)29-23(30)14-32-25(29)19-6-3-4-9-22(19)28(24(25)31)13-18-20(26)7-5-8-21(18)27/h3-12H,13-14H2,1-2H3/t25-/m1/s1. The Balaban J connectivity index is 1.66. The van der Waals surface area contributed by atoms with E-state index >= 15 is 0 Å². The summed E-state index contributed by atoms with van der Waals surface area (Å²) in [6, 6.07) is 17.6. The van der Waals surface area contributed by atoms with E-state index in [0.717, 1.165) is 16.7 Å². The van der Waals surface area contributed by atoms with Crippen LogP contribution in [0.4, 0.5) is 15.8 Å². The Hall–Kier alpha value is -2.83. The summed E-state index contributed by atoms with van der Waals surface area (Å²) in [6.07, 6.45) is 0. The summed E-state index contributed by atoms with van der Waals surface area (Å²) < 4.78 is 14.6. The van der Waals surface area contributed by atoms with E-state index in [1.54, 1.807) is 15.9 Å². The molecule has 3 aromatic carbocycles. The van der Waals surface area contributed by atoms with Crippen molar-refractivity contribution in [3.8, 4) is 0 Å². The number of para-hydroxylation sites is 1. The summed E-state index contributed by atoms with van der Waals surface area (Å²) in [5, 5.41) is 0.261. The molecular weight excluding hydrogens is 447 g/mol. The van der Waals surface area contributed by atoms with Gasteiger partial charge in [-0.2, -0.15) is 0 Å². The van der Waals surface area contributed by atoms with Crippen molar-refractivity contribution in [1.82, 2.24) is 0 Å². The molecule has 1 saturated heterocycles. The lowest BCUT2D eigenvalue weighted by Crippen LogP contribution is -2.49. The van der Waals surface area contributed by atoms with Crippen LogP contribution >= 0.6 is 23.4 Å². The lowest BCUT2D eigenvalue weighted by Gasteiger charge is -2.33. The fourth-order valence-corrected chi connectivity index (χ4v) is 6.00. The summed E-state index contributed by atoms with van der Waals surface area (Å²) in [6.45, 7) is 3.97. The van der Waals surface area contributed by atoms with Crippen LogP contribution in [0.2, 0.25) is 5.02 Å². The van der Waals surface area contributed by atoms with E-state index in [2.05, 4.69) is 0 Å². The molecule has 1 atom stereocenters. The van der Waals surface area contributed by atoms with Crippen molar-refractivity contribution in [2.45, 2.75) is 25.3 Å². The number of hydrogen-bond donors (Lipinski definition) is 0. The van der Waals surface area contributed by atoms with E-state index in [1.807, 2.05) is 56.3 Å². The van der Waals surface area contributed by atoms with Gasteiger partial charge in [-0.05, 0) is 55.3 Å². The summed E-state index contributed by atoms with van der Waals surface area (Å²) >= 11 is 7.57. The Morgan fingerprint density at radius 3 is 2.56 bits per heavy atom. The van der Waals surface area contributed by atoms with Gasteiger partial charge < -0.3 is 4.90 Å². The molecule has 0 unspecified atom stereocenters. The third-order valence-electron chi connectivity index (χ3n) is 6.19. The average molecular weight is 467 g/mol. The van der Waals surface area contributed by atoms with Crippen molar-refractivity contribution in [2.24, 2.45) is 0 Å². The molecule has 4 nitrogen and oxygen atoms in total. The van der Waals surface area contributed by atoms with Crippen LogP contribution in [0.15, 0.2) is 60.7 Å². The van der Waals surface area contributed by atoms with Gasteiger partial charge in [0, 0.05) is 21.8 Å². The first-order valence-corrected chi connectivity index (χ1v) is 11.6. The first-order chi connectivity index (χ1) is 15.3. The van der Waals surface area contributed by atoms with Gasteiger partial charge in [0.15, 0.2) is 0 Å². The second-order valence-corrected chi connectivity index (χ2v) is 9.61. The maximum Gasteiger partial charge on any atom is 0.269 e. The molecule has 3 aromatic rings. The van der Waals surface area contributed by atoms with Crippen LogP contribution < -0.4 is 9.80 Å². The van der Waals surface area contributed by atoms with Crippen LogP contribution in [-0.4, -0.2) is 17.6 Å². The zero-order valence-electron chi connectivity index (χ0n) is 17.6. The van der Waals surface area contributed by atoms with Gasteiger partial charge in [-0.1, -0.05) is 41.9 Å². The fourth-order valence-electron chi connectivity index (χ4n) is 4.42. The quantitative estimate of drug-likeness (QED) is 0.506. The summed E-state index contributed by atoms with van der Waals surface area (Å²) in [5.74, 6) is -0.689. The topological polar surface area (TPSA) is 40.6 Å². The van der Waals surface area contributed by atoms with Crippen molar-refractivity contribution in [1.29, 1.82) is 0 Å². The number of fused-ring (bicyclic) bond motifs is 2. The van der Waals surface area contributed by atoms with E-state index in [4.69, 9.17) is 11.6 Å². The number of thioether (sulfide) groups is 1. The van der Waals surface area contributed by atoms with Crippen LogP contribution in [0.1, 0.15) is 22.3 Å². The van der Waals surface area contributed by atoms with E-state index in [0.29, 0.717) is 11.4 Å². The molecule has 0 N–H and O–H groups in total. The predicted molar refractivity (Wildman–Crippen MR) is 127 cm³/mol. The normalized spacial score (nSPS) is 19.9. The molecule has 7 heteroatoms. The van der Waals surface area contributed by atoms with E-state index in [9.17, 15) is 14.0 Å². The molecule has 2 amide bonds. The number of rotatable bonds is 3. The molecular formula is C25H20ClFN2O2S. The number of amides is 2. The van der Waals surface area contributed by atoms with Crippen molar-refractivity contribution in [2.75, 3.05) is 15.6 Å². The average Bonchev–Trinajstić information content (AvgIpc) is 3.23. The van der Waals surface area contributed by atoms with Gasteiger partial charge in [0.05, 0.1) is 18.0 Å². The van der Waals surface area contributed by atoms with Crippen molar-refractivity contribution in [3.63, 3.8) is 0 Å². The second-order valence-electron chi connectivity index (χ2n) is 8.04. The zero-order valence-corrected chi connectivity index (χ0v) is 19.1. The van der Waals surface area contributed by atoms with Gasteiger partial charge in [0.1, 0.15) is 5.82 Å². The van der Waals surface area contributed by atoms with Crippen LogP contribution in [0.3, 0.4) is 0 Å². The molecule has 2 aliphatic rings. The molecule has 2 heterocycles. The smallest absolute Gasteiger partial charge is 0.269 e. The van der Waals surface area contributed by atoms with Gasteiger partial charge in [0.25, 0.3) is 5.91 Å². The highest BCUT2D eigenvalue weighted by Gasteiger charge is 2.61. The molecule has 1 fully saturated rings. The highest BCUT2D eigenvalue weighted by Crippen LogP contribution is 2.56. The van der Waals surface area contributed by atoms with E-state index in [1.165, 1.54) is 23.9 Å². The first kappa shape index (κ1) is 21.0. The molecule has 0 bridgehead atoms. The van der Waals surface area contributed by atoms with Crippen LogP contribution in [0, 0.1) is 19.7 Å². The Bertz CT molecular complexity index is 1260. The summed E-state index contributed by atoms with van der Waals surface area (Å²) in [7, 11) is 0. The monoisotopic (exact) mass is 466 g/mol. The lowest BCUT2D eigenvalue weighted by molar-refractivity contribution is -0.123. The zero-order chi connectivity index (χ0) is 22.6. The summed E-state index contributed by atoms with van der Waals surface area (Å²) in [4.78, 5) is 29.1. The highest BCUT2D eigenvalue weighted by molar-refractivity contribution is 8.02. The Kier molecular flexibility index (Phi) is 5.02. The largest absolute Gasteiger partial charge is 0.304 e. The molecule has 0 saturated carbocycles. The summed E-state index contributed by atoms with van der Waals surface area (Å²) in [5.41, 5.74) is 4.46. The van der Waals surface area contributed by atoms with Crippen molar-refractivity contribution in [3.05, 3.63) is 93.8 Å². The van der Waals surface area contributed by atoms with Gasteiger partial charge in [0.2, 0.25) is 10.8 Å². The van der Waals surface area contributed by atoms with E-state index in [-0.39, 0.29) is 34.7 Å². The van der Waals surface area contributed by atoms with Crippen LogP contribution in [0.5, 0.6) is 0 Å². The number of benzene rings is 3. The number of carbonyl (C=O) groups excluding carboxylic acids is 2. The molecule has 5 rings (SSSR count). The predicted octanol–water partition coefficient (Wildman–Crippen LogP) is 5.58. The van der Waals surface area contributed by atoms with Gasteiger partial charge >= 0.3 is 0 Å². The number of halogens is 2. The highest BCUT2D eigenvalue weighted by atomic mass is 35.5. The maximum atomic E-state index is 14.6. The Morgan fingerprint density at radius 2 is 1.81 bits per heavy atom. The lowest BCUT2D eigenvalue weighted by atomic mass is 10.0. The SMILES string of the molecule is Cc1ccc(N2C(=O)CS[C@]23C(=O)N(Cc2c(F)cccc2Cl)c2ccccc23)cc1C. The van der Waals surface area contributed by atoms with E-state index < -0.39 is 10.7 Å². The molecule has 162 valence electrons. The van der Waals surface area contributed by atoms with Gasteiger partial charge in [-0.15, -0.1) is 11.8 Å². The molecule has 0 aromatic heterocycles. The van der Waals surface area contributed by atoms with Gasteiger partial charge in [-0.3, -0.25) is 14.5 Å². The first-order valence-electron chi connectivity index (χ1n) is 10.2. The van der Waals surface area contributed by atoms with Crippen molar-refractivity contribution >= 4 is 46.6 Å². The molecule has 0 aliphatic carbocycles. The number of nitrogens with zero attached hydrogens (tertiary/aromatic N) is 2. The molecule has 0 radical (unpaired) electrons. The van der Waals surface area contributed by atoms with Crippen molar-refractivity contribution < 1.29 is 14.0 Å². The Morgan fingerprint density at radius 1 is 1.03 bits per heavy atom. The molecule has 32 heavy (non-hydrogen) atoms. The minimum Gasteiger partial charge on any atom is -0.304 e.